The molecule has 128 valence electrons. The van der Waals surface area contributed by atoms with Gasteiger partial charge in [0.2, 0.25) is 5.91 Å². The summed E-state index contributed by atoms with van der Waals surface area (Å²) < 4.78 is 31.7. The molecule has 0 radical (unpaired) electrons. The van der Waals surface area contributed by atoms with Crippen LogP contribution in [0.1, 0.15) is 31.9 Å². The molecular weight excluding hydrogens is 302 g/mol. The molecule has 1 fully saturated rings. The highest BCUT2D eigenvalue weighted by Gasteiger charge is 2.19. The van der Waals surface area contributed by atoms with Crippen LogP contribution in [0.15, 0.2) is 18.2 Å². The molecule has 0 saturated carbocycles. The van der Waals surface area contributed by atoms with E-state index in [1.807, 2.05) is 13.8 Å². The van der Waals surface area contributed by atoms with Gasteiger partial charge in [-0.05, 0) is 23.6 Å². The summed E-state index contributed by atoms with van der Waals surface area (Å²) in [4.78, 5) is 13.9. The number of carbonyl (C=O) groups excluding carboxylic acids is 1. The SMILES string of the molecule is CC(C)[C@H](NCCC(=O)N1CCOCC1)c1ccc(F)c(F)c1. The molecule has 0 bridgehead atoms. The van der Waals surface area contributed by atoms with Crippen LogP contribution in [-0.4, -0.2) is 43.7 Å². The van der Waals surface area contributed by atoms with Gasteiger partial charge >= 0.3 is 0 Å². The van der Waals surface area contributed by atoms with Crippen LogP contribution < -0.4 is 5.32 Å². The Hall–Kier alpha value is -1.53. The van der Waals surface area contributed by atoms with Gasteiger partial charge in [0.05, 0.1) is 13.2 Å². The van der Waals surface area contributed by atoms with Crippen molar-refractivity contribution in [3.05, 3.63) is 35.4 Å². The van der Waals surface area contributed by atoms with Crippen molar-refractivity contribution >= 4 is 5.91 Å². The highest BCUT2D eigenvalue weighted by atomic mass is 19.2. The maximum absolute atomic E-state index is 13.4. The van der Waals surface area contributed by atoms with Gasteiger partial charge in [-0.2, -0.15) is 0 Å². The van der Waals surface area contributed by atoms with Gasteiger partial charge < -0.3 is 15.0 Å². The minimum Gasteiger partial charge on any atom is -0.378 e. The molecule has 23 heavy (non-hydrogen) atoms. The maximum atomic E-state index is 13.4. The molecule has 1 amide bonds. The van der Waals surface area contributed by atoms with Crippen molar-refractivity contribution < 1.29 is 18.3 Å². The van der Waals surface area contributed by atoms with E-state index < -0.39 is 11.6 Å². The number of benzene rings is 1. The number of hydrogen-bond donors (Lipinski definition) is 1. The van der Waals surface area contributed by atoms with E-state index in [1.54, 1.807) is 11.0 Å². The van der Waals surface area contributed by atoms with E-state index in [4.69, 9.17) is 4.74 Å². The molecule has 1 N–H and O–H groups in total. The van der Waals surface area contributed by atoms with Gasteiger partial charge in [-0.25, -0.2) is 8.78 Å². The van der Waals surface area contributed by atoms with Crippen molar-refractivity contribution in [1.29, 1.82) is 0 Å². The molecule has 1 aliphatic rings. The van der Waals surface area contributed by atoms with Gasteiger partial charge in [0.1, 0.15) is 0 Å². The summed E-state index contributed by atoms with van der Waals surface area (Å²) in [6, 6.07) is 3.82. The first-order valence-electron chi connectivity index (χ1n) is 8.03. The van der Waals surface area contributed by atoms with E-state index in [2.05, 4.69) is 5.32 Å². The van der Waals surface area contributed by atoms with Crippen molar-refractivity contribution in [1.82, 2.24) is 10.2 Å². The Kier molecular flexibility index (Phi) is 6.47. The Morgan fingerprint density at radius 1 is 1.26 bits per heavy atom. The molecular formula is C17H24F2N2O2. The van der Waals surface area contributed by atoms with Gasteiger partial charge in [-0.1, -0.05) is 19.9 Å². The first kappa shape index (κ1) is 17.8. The topological polar surface area (TPSA) is 41.6 Å². The van der Waals surface area contributed by atoms with E-state index in [1.165, 1.54) is 6.07 Å². The Balaban J connectivity index is 1.89. The Morgan fingerprint density at radius 2 is 1.96 bits per heavy atom. The van der Waals surface area contributed by atoms with Gasteiger partial charge in [0.15, 0.2) is 11.6 Å². The highest BCUT2D eigenvalue weighted by molar-refractivity contribution is 5.76. The number of morpholine rings is 1. The third-order valence-corrected chi connectivity index (χ3v) is 4.04. The number of rotatable bonds is 6. The summed E-state index contributed by atoms with van der Waals surface area (Å²) in [6.07, 6.45) is 0.382. The third-order valence-electron chi connectivity index (χ3n) is 4.04. The van der Waals surface area contributed by atoms with Crippen LogP contribution in [0.5, 0.6) is 0 Å². The van der Waals surface area contributed by atoms with Gasteiger partial charge in [0.25, 0.3) is 0 Å². The maximum Gasteiger partial charge on any atom is 0.224 e. The number of amides is 1. The van der Waals surface area contributed by atoms with Gasteiger partial charge in [0, 0.05) is 32.1 Å². The zero-order chi connectivity index (χ0) is 16.8. The molecule has 1 aromatic carbocycles. The second-order valence-corrected chi connectivity index (χ2v) is 6.09. The second-order valence-electron chi connectivity index (χ2n) is 6.09. The van der Waals surface area contributed by atoms with Crippen molar-refractivity contribution in [2.45, 2.75) is 26.3 Å². The van der Waals surface area contributed by atoms with E-state index in [0.29, 0.717) is 44.8 Å². The molecule has 0 aromatic heterocycles. The van der Waals surface area contributed by atoms with Crippen LogP contribution in [0.4, 0.5) is 8.78 Å². The fourth-order valence-corrected chi connectivity index (χ4v) is 2.75. The number of halogens is 2. The average Bonchev–Trinajstić information content (AvgIpc) is 2.54. The summed E-state index contributed by atoms with van der Waals surface area (Å²) >= 11 is 0. The molecule has 4 nitrogen and oxygen atoms in total. The minimum atomic E-state index is -0.848. The number of carbonyl (C=O) groups is 1. The number of nitrogens with zero attached hydrogens (tertiary/aromatic N) is 1. The largest absolute Gasteiger partial charge is 0.378 e. The number of hydrogen-bond acceptors (Lipinski definition) is 3. The van der Waals surface area contributed by atoms with Gasteiger partial charge in [-0.3, -0.25) is 4.79 Å². The smallest absolute Gasteiger partial charge is 0.224 e. The Bertz CT molecular complexity index is 531. The van der Waals surface area contributed by atoms with Crippen molar-refractivity contribution in [2.75, 3.05) is 32.8 Å². The summed E-state index contributed by atoms with van der Waals surface area (Å²) in [5.41, 5.74) is 0.692. The molecule has 1 aliphatic heterocycles. The van der Waals surface area contributed by atoms with Crippen LogP contribution in [-0.2, 0) is 9.53 Å². The zero-order valence-corrected chi connectivity index (χ0v) is 13.6. The molecule has 1 aromatic rings. The predicted molar refractivity (Wildman–Crippen MR) is 84.0 cm³/mol. The summed E-state index contributed by atoms with van der Waals surface area (Å²) in [5, 5.41) is 3.28. The standard InChI is InChI=1S/C17H24F2N2O2/c1-12(2)17(13-3-4-14(18)15(19)11-13)20-6-5-16(22)21-7-9-23-10-8-21/h3-4,11-12,17,20H,5-10H2,1-2H3/t17-/m0/s1. The highest BCUT2D eigenvalue weighted by Crippen LogP contribution is 2.23. The van der Waals surface area contributed by atoms with Crippen LogP contribution >= 0.6 is 0 Å². The monoisotopic (exact) mass is 326 g/mol. The molecule has 1 saturated heterocycles. The molecule has 2 rings (SSSR count). The lowest BCUT2D eigenvalue weighted by molar-refractivity contribution is -0.135. The third kappa shape index (κ3) is 4.97. The fourth-order valence-electron chi connectivity index (χ4n) is 2.75. The number of ether oxygens (including phenoxy) is 1. The van der Waals surface area contributed by atoms with Crippen LogP contribution in [0.3, 0.4) is 0 Å². The van der Waals surface area contributed by atoms with Crippen molar-refractivity contribution in [3.8, 4) is 0 Å². The van der Waals surface area contributed by atoms with E-state index in [0.717, 1.165) is 6.07 Å². The van der Waals surface area contributed by atoms with E-state index in [-0.39, 0.29) is 17.9 Å². The zero-order valence-electron chi connectivity index (χ0n) is 13.6. The first-order valence-corrected chi connectivity index (χ1v) is 8.03. The minimum absolute atomic E-state index is 0.0913. The lowest BCUT2D eigenvalue weighted by atomic mass is 9.95. The molecule has 6 heteroatoms. The molecule has 0 aliphatic carbocycles. The first-order chi connectivity index (χ1) is 11.0. The van der Waals surface area contributed by atoms with E-state index >= 15 is 0 Å². The summed E-state index contributed by atoms with van der Waals surface area (Å²) in [7, 11) is 0. The quantitative estimate of drug-likeness (QED) is 0.873. The molecule has 0 unspecified atom stereocenters. The van der Waals surface area contributed by atoms with Crippen LogP contribution in [0.25, 0.3) is 0 Å². The summed E-state index contributed by atoms with van der Waals surface area (Å²) in [6.45, 7) is 6.94. The Morgan fingerprint density at radius 3 is 2.57 bits per heavy atom. The molecule has 1 heterocycles. The molecule has 0 spiro atoms. The fraction of sp³-hybridized carbons (Fsp3) is 0.588. The lowest BCUT2D eigenvalue weighted by Crippen LogP contribution is -2.42. The summed E-state index contributed by atoms with van der Waals surface area (Å²) in [5.74, 6) is -1.41. The van der Waals surface area contributed by atoms with Crippen LogP contribution in [0, 0.1) is 17.6 Å². The van der Waals surface area contributed by atoms with Crippen LogP contribution in [0.2, 0.25) is 0 Å². The normalized spacial score (nSPS) is 16.7. The van der Waals surface area contributed by atoms with Gasteiger partial charge in [-0.15, -0.1) is 0 Å². The predicted octanol–water partition coefficient (Wildman–Crippen LogP) is 2.50. The van der Waals surface area contributed by atoms with Crippen molar-refractivity contribution in [3.63, 3.8) is 0 Å². The number of nitrogens with one attached hydrogen (secondary N) is 1. The molecule has 1 atom stereocenters. The Labute approximate surface area is 135 Å². The second kappa shape index (κ2) is 8.36. The van der Waals surface area contributed by atoms with Crippen molar-refractivity contribution in [2.24, 2.45) is 5.92 Å². The lowest BCUT2D eigenvalue weighted by Gasteiger charge is -2.28. The average molecular weight is 326 g/mol. The van der Waals surface area contributed by atoms with E-state index in [9.17, 15) is 13.6 Å².